The zero-order valence-corrected chi connectivity index (χ0v) is 23.7. The molecule has 0 atom stereocenters. The number of fused-ring (bicyclic) bond motifs is 8. The quantitative estimate of drug-likeness (QED) is 0.122. The van der Waals surface area contributed by atoms with E-state index in [4.69, 9.17) is 0 Å². The number of H-pyrrole nitrogens is 2. The minimum absolute atomic E-state index is 0.141. The maximum absolute atomic E-state index is 14.1. The fraction of sp³-hybridized carbons (Fsp3) is 0.129. The third-order valence-corrected chi connectivity index (χ3v) is 8.68. The summed E-state index contributed by atoms with van der Waals surface area (Å²) in [7, 11) is 0. The highest BCUT2D eigenvalue weighted by molar-refractivity contribution is 6.29. The minimum Gasteiger partial charge on any atom is -0.339 e. The Morgan fingerprint density at radius 2 is 1.00 bits per heavy atom. The number of nitrogens with zero attached hydrogens (tertiary/aromatic N) is 3. The second kappa shape index (κ2) is 9.19. The Hall–Kier alpha value is -5.93. The third kappa shape index (κ3) is 4.01. The normalized spacial score (nSPS) is 13.7. The molecule has 254 valence electrons. The largest absolute Gasteiger partial charge is 0.418 e. The van der Waals surface area contributed by atoms with Gasteiger partial charge in [0.25, 0.3) is 11.1 Å². The Kier molecular flexibility index (Phi) is 5.76. The summed E-state index contributed by atoms with van der Waals surface area (Å²) in [5.74, 6) is 0. The molecule has 0 aliphatic heterocycles. The standard InChI is InChI=1S/C31H9F12N5O2/c32-28(33,34)10-4-15(30(38,39)40)22-17(6-10)47-24(45-22)12-1-2-13-21-19(9(8-44)3-14(20(12)21)27(47)50)25-46-23-16(31(41,42)43)5-11(29(35,36)37)7-18(23)48(25)26(13)49/h1-7,45-46H. The molecule has 0 aliphatic carbocycles. The van der Waals surface area contributed by atoms with Crippen LogP contribution in [0.2, 0.25) is 0 Å². The van der Waals surface area contributed by atoms with Crippen LogP contribution >= 0.6 is 0 Å². The molecule has 0 unspecified atom stereocenters. The van der Waals surface area contributed by atoms with E-state index in [0.29, 0.717) is 20.9 Å². The molecule has 50 heavy (non-hydrogen) atoms. The summed E-state index contributed by atoms with van der Waals surface area (Å²) in [6, 6.07) is 5.07. The zero-order valence-electron chi connectivity index (χ0n) is 23.7. The van der Waals surface area contributed by atoms with E-state index in [9.17, 15) is 67.5 Å². The second-order valence-electron chi connectivity index (χ2n) is 11.4. The number of hydrogen-bond acceptors (Lipinski definition) is 3. The van der Waals surface area contributed by atoms with Crippen LogP contribution in [0.1, 0.15) is 27.8 Å². The monoisotopic (exact) mass is 711 g/mol. The molecule has 0 amide bonds. The lowest BCUT2D eigenvalue weighted by Crippen LogP contribution is -2.18. The molecule has 0 fully saturated rings. The highest BCUT2D eigenvalue weighted by Crippen LogP contribution is 2.44. The van der Waals surface area contributed by atoms with Crippen LogP contribution < -0.4 is 11.1 Å². The molecule has 0 saturated carbocycles. The Morgan fingerprint density at radius 1 is 0.540 bits per heavy atom. The van der Waals surface area contributed by atoms with Gasteiger partial charge in [-0.05, 0) is 42.5 Å². The summed E-state index contributed by atoms with van der Waals surface area (Å²) in [5, 5.41) is 8.33. The summed E-state index contributed by atoms with van der Waals surface area (Å²) >= 11 is 0. The van der Waals surface area contributed by atoms with Crippen molar-refractivity contribution in [3.63, 3.8) is 0 Å². The number of rotatable bonds is 0. The number of halogens is 12. The number of imidazole rings is 2. The minimum atomic E-state index is -5.37. The SMILES string of the molecule is N#Cc1cc2c(=O)n3c4cc(C(F)(F)F)cc(C(F)(F)F)c4[nH]c3c3ccc4c(=O)n5c6cc(C(F)(F)F)cc(C(F)(F)F)c6[nH]c5c1c4c23. The number of hydrogen-bond donors (Lipinski definition) is 2. The molecule has 7 nitrogen and oxygen atoms in total. The van der Waals surface area contributed by atoms with Gasteiger partial charge in [0.15, 0.2) is 0 Å². The van der Waals surface area contributed by atoms with Crippen LogP contribution in [-0.4, -0.2) is 18.8 Å². The van der Waals surface area contributed by atoms with Crippen LogP contribution in [0.4, 0.5) is 52.7 Å². The van der Waals surface area contributed by atoms with Crippen LogP contribution in [0.5, 0.6) is 0 Å². The molecule has 0 radical (unpaired) electrons. The first-order valence-electron chi connectivity index (χ1n) is 13.8. The molecule has 0 aliphatic rings. The van der Waals surface area contributed by atoms with Gasteiger partial charge < -0.3 is 9.97 Å². The van der Waals surface area contributed by atoms with E-state index in [0.717, 1.165) is 18.2 Å². The molecule has 19 heteroatoms. The maximum atomic E-state index is 14.1. The van der Waals surface area contributed by atoms with Crippen LogP contribution in [0.25, 0.3) is 65.7 Å². The first-order chi connectivity index (χ1) is 23.1. The molecule has 8 rings (SSSR count). The fourth-order valence-corrected chi connectivity index (χ4v) is 6.70. The summed E-state index contributed by atoms with van der Waals surface area (Å²) < 4.78 is 168. The average Bonchev–Trinajstić information content (AvgIpc) is 3.59. The number of nitrogens with one attached hydrogen (secondary N) is 2. The van der Waals surface area contributed by atoms with Crippen LogP contribution in [0.3, 0.4) is 0 Å². The molecule has 4 heterocycles. The van der Waals surface area contributed by atoms with Crippen LogP contribution in [-0.2, 0) is 24.7 Å². The van der Waals surface area contributed by atoms with Crippen LogP contribution in [0.15, 0.2) is 52.1 Å². The third-order valence-electron chi connectivity index (χ3n) is 8.68. The molecule has 0 saturated heterocycles. The van der Waals surface area contributed by atoms with Gasteiger partial charge in [-0.3, -0.25) is 18.4 Å². The van der Waals surface area contributed by atoms with Gasteiger partial charge in [-0.1, -0.05) is 0 Å². The van der Waals surface area contributed by atoms with E-state index in [2.05, 4.69) is 9.97 Å². The van der Waals surface area contributed by atoms with Gasteiger partial charge in [0.2, 0.25) is 0 Å². The molecular weight excluding hydrogens is 702 g/mol. The number of aromatic amines is 2. The lowest BCUT2D eigenvalue weighted by molar-refractivity contribution is -0.143. The van der Waals surface area contributed by atoms with Crippen molar-refractivity contribution >= 4 is 65.7 Å². The number of pyridine rings is 2. The molecule has 8 aromatic rings. The Morgan fingerprint density at radius 3 is 1.48 bits per heavy atom. The van der Waals surface area contributed by atoms with Crippen LogP contribution in [0, 0.1) is 11.3 Å². The second-order valence-corrected chi connectivity index (χ2v) is 11.4. The Balaban J connectivity index is 1.63. The van der Waals surface area contributed by atoms with Gasteiger partial charge in [-0.2, -0.15) is 57.9 Å². The predicted molar refractivity (Wildman–Crippen MR) is 153 cm³/mol. The van der Waals surface area contributed by atoms with Crippen molar-refractivity contribution in [2.24, 2.45) is 0 Å². The Labute approximate surface area is 264 Å². The van der Waals surface area contributed by atoms with Gasteiger partial charge >= 0.3 is 24.7 Å². The van der Waals surface area contributed by atoms with Gasteiger partial charge in [0.05, 0.1) is 61.3 Å². The number of alkyl halides is 12. The lowest BCUT2D eigenvalue weighted by atomic mass is 9.93. The predicted octanol–water partition coefficient (Wildman–Crippen LogP) is 8.72. The first-order valence-corrected chi connectivity index (χ1v) is 13.8. The fourth-order valence-electron chi connectivity index (χ4n) is 6.70. The van der Waals surface area contributed by atoms with Gasteiger partial charge in [0, 0.05) is 26.9 Å². The van der Waals surface area contributed by atoms with Gasteiger partial charge in [-0.25, -0.2) is 0 Å². The van der Waals surface area contributed by atoms with Crippen molar-refractivity contribution in [2.75, 3.05) is 0 Å². The van der Waals surface area contributed by atoms with Gasteiger partial charge in [-0.15, -0.1) is 0 Å². The van der Waals surface area contributed by atoms with E-state index in [-0.39, 0.29) is 33.7 Å². The molecule has 4 aromatic heterocycles. The Bertz CT molecular complexity index is 2980. The average molecular weight is 711 g/mol. The van der Waals surface area contributed by atoms with E-state index < -0.39 is 108 Å². The zero-order chi connectivity index (χ0) is 36.2. The smallest absolute Gasteiger partial charge is 0.339 e. The van der Waals surface area contributed by atoms with Crippen molar-refractivity contribution in [3.8, 4) is 6.07 Å². The van der Waals surface area contributed by atoms with Crippen molar-refractivity contribution in [1.82, 2.24) is 18.8 Å². The van der Waals surface area contributed by atoms with Crippen molar-refractivity contribution in [1.29, 1.82) is 5.26 Å². The van der Waals surface area contributed by atoms with Gasteiger partial charge in [0.1, 0.15) is 11.3 Å². The van der Waals surface area contributed by atoms with E-state index in [1.807, 2.05) is 0 Å². The molecule has 2 N–H and O–H groups in total. The van der Waals surface area contributed by atoms with E-state index >= 15 is 0 Å². The highest BCUT2D eigenvalue weighted by Gasteiger charge is 2.41. The summed E-state index contributed by atoms with van der Waals surface area (Å²) in [6.07, 6.45) is -21.3. The topological polar surface area (TPSA) is 98.3 Å². The van der Waals surface area contributed by atoms with Crippen molar-refractivity contribution in [3.05, 3.63) is 91.0 Å². The summed E-state index contributed by atoms with van der Waals surface area (Å²) in [4.78, 5) is 32.6. The highest BCUT2D eigenvalue weighted by atomic mass is 19.4. The molecule has 4 aromatic carbocycles. The molecular formula is C31H9F12N5O2. The van der Waals surface area contributed by atoms with Crippen molar-refractivity contribution in [2.45, 2.75) is 24.7 Å². The number of aromatic nitrogens is 4. The maximum Gasteiger partial charge on any atom is 0.418 e. The number of benzene rings is 4. The number of nitriles is 1. The van der Waals surface area contributed by atoms with E-state index in [1.165, 1.54) is 0 Å². The van der Waals surface area contributed by atoms with E-state index in [1.54, 1.807) is 6.07 Å². The molecule has 0 spiro atoms. The summed E-state index contributed by atoms with van der Waals surface area (Å²) in [5.41, 5.74) is -14.5. The summed E-state index contributed by atoms with van der Waals surface area (Å²) in [6.45, 7) is 0. The van der Waals surface area contributed by atoms with Crippen molar-refractivity contribution < 1.29 is 52.7 Å². The first kappa shape index (κ1) is 31.3. The molecule has 0 bridgehead atoms. The lowest BCUT2D eigenvalue weighted by Gasteiger charge is -2.14.